The van der Waals surface area contributed by atoms with E-state index >= 15 is 0 Å². The highest BCUT2D eigenvalue weighted by Gasteiger charge is 2.54. The first-order valence-corrected chi connectivity index (χ1v) is 5.59. The van der Waals surface area contributed by atoms with Crippen molar-refractivity contribution in [3.8, 4) is 0 Å². The van der Waals surface area contributed by atoms with Gasteiger partial charge in [-0.3, -0.25) is 4.79 Å². The first-order valence-electron chi connectivity index (χ1n) is 5.59. The lowest BCUT2D eigenvalue weighted by Crippen LogP contribution is -2.22. The number of fused-ring (bicyclic) bond motifs is 5. The molecule has 0 amide bonds. The van der Waals surface area contributed by atoms with E-state index < -0.39 is 0 Å². The molecule has 0 saturated heterocycles. The Labute approximate surface area is 84.9 Å². The molecule has 0 aromatic carbocycles. The van der Waals surface area contributed by atoms with Gasteiger partial charge in [0.1, 0.15) is 0 Å². The van der Waals surface area contributed by atoms with Gasteiger partial charge in [-0.2, -0.15) is 0 Å². The summed E-state index contributed by atoms with van der Waals surface area (Å²) in [5.41, 5.74) is 3.09. The quantitative estimate of drug-likeness (QED) is 0.534. The van der Waals surface area contributed by atoms with Crippen molar-refractivity contribution in [1.29, 1.82) is 0 Å². The second kappa shape index (κ2) is 2.59. The second-order valence-corrected chi connectivity index (χ2v) is 5.11. The lowest BCUT2D eigenvalue weighted by Gasteiger charge is -2.21. The van der Waals surface area contributed by atoms with Gasteiger partial charge in [0.2, 0.25) is 0 Å². The van der Waals surface area contributed by atoms with Gasteiger partial charge >= 0.3 is 0 Å². The molecule has 14 heavy (non-hydrogen) atoms. The van der Waals surface area contributed by atoms with Crippen molar-refractivity contribution in [2.24, 2.45) is 23.7 Å². The van der Waals surface area contributed by atoms with Crippen molar-refractivity contribution in [3.63, 3.8) is 0 Å². The molecule has 3 rings (SSSR count). The van der Waals surface area contributed by atoms with Gasteiger partial charge in [0.15, 0.2) is 5.78 Å². The van der Waals surface area contributed by atoms with Crippen LogP contribution in [-0.2, 0) is 4.79 Å². The molecule has 0 radical (unpaired) electrons. The van der Waals surface area contributed by atoms with Crippen LogP contribution < -0.4 is 0 Å². The standard InChI is InChI=1S/C13H16O/c1-7(2)12-8-3-4-10(12)13-9(8)5-6-11(13)14/h5-6,8-10,13H,3-4H2,1-2H3/t8-,9-,10+,13+/m0/s1. The summed E-state index contributed by atoms with van der Waals surface area (Å²) in [5, 5.41) is 0. The van der Waals surface area contributed by atoms with Gasteiger partial charge in [-0.25, -0.2) is 0 Å². The molecule has 0 unspecified atom stereocenters. The molecule has 2 saturated carbocycles. The van der Waals surface area contributed by atoms with Crippen LogP contribution in [0, 0.1) is 23.7 Å². The molecule has 0 aromatic heterocycles. The third kappa shape index (κ3) is 0.832. The highest BCUT2D eigenvalue weighted by Crippen LogP contribution is 2.59. The van der Waals surface area contributed by atoms with Crippen molar-refractivity contribution >= 4 is 5.78 Å². The summed E-state index contributed by atoms with van der Waals surface area (Å²) in [5.74, 6) is 2.58. The average molecular weight is 188 g/mol. The fraction of sp³-hybridized carbons (Fsp3) is 0.615. The maximum atomic E-state index is 11.7. The Morgan fingerprint density at radius 2 is 2.00 bits per heavy atom. The molecule has 0 N–H and O–H groups in total. The fourth-order valence-electron chi connectivity index (χ4n) is 3.94. The second-order valence-electron chi connectivity index (χ2n) is 5.11. The molecule has 2 fully saturated rings. The predicted molar refractivity (Wildman–Crippen MR) is 55.7 cm³/mol. The van der Waals surface area contributed by atoms with Gasteiger partial charge in [0.05, 0.1) is 0 Å². The summed E-state index contributed by atoms with van der Waals surface area (Å²) in [4.78, 5) is 11.7. The fourth-order valence-corrected chi connectivity index (χ4v) is 3.94. The summed E-state index contributed by atoms with van der Waals surface area (Å²) >= 11 is 0. The summed E-state index contributed by atoms with van der Waals surface area (Å²) in [7, 11) is 0. The molecule has 4 atom stereocenters. The molecular formula is C13H16O. The Morgan fingerprint density at radius 1 is 1.29 bits per heavy atom. The Morgan fingerprint density at radius 3 is 2.64 bits per heavy atom. The average Bonchev–Trinajstić information content (AvgIpc) is 2.74. The lowest BCUT2D eigenvalue weighted by molar-refractivity contribution is -0.119. The minimum absolute atomic E-state index is 0.332. The third-order valence-corrected chi connectivity index (χ3v) is 4.29. The number of carbonyl (C=O) groups excluding carboxylic acids is 1. The van der Waals surface area contributed by atoms with Gasteiger partial charge in [0, 0.05) is 5.92 Å². The van der Waals surface area contributed by atoms with Crippen LogP contribution in [0.25, 0.3) is 0 Å². The van der Waals surface area contributed by atoms with Crippen LogP contribution in [0.3, 0.4) is 0 Å². The molecule has 0 spiro atoms. The zero-order valence-corrected chi connectivity index (χ0v) is 8.79. The Kier molecular flexibility index (Phi) is 1.56. The number of hydrogen-bond acceptors (Lipinski definition) is 1. The Balaban J connectivity index is 2.09. The highest BCUT2D eigenvalue weighted by atomic mass is 16.1. The summed E-state index contributed by atoms with van der Waals surface area (Å²) in [6, 6.07) is 0. The molecule has 2 bridgehead atoms. The van der Waals surface area contributed by atoms with E-state index in [2.05, 4.69) is 19.9 Å². The van der Waals surface area contributed by atoms with E-state index in [1.54, 1.807) is 5.57 Å². The van der Waals surface area contributed by atoms with Gasteiger partial charge < -0.3 is 0 Å². The molecule has 3 aliphatic rings. The number of carbonyl (C=O) groups is 1. The van der Waals surface area contributed by atoms with Crippen LogP contribution in [0.2, 0.25) is 0 Å². The first kappa shape index (κ1) is 8.46. The van der Waals surface area contributed by atoms with E-state index in [-0.39, 0.29) is 0 Å². The summed E-state index contributed by atoms with van der Waals surface area (Å²) < 4.78 is 0. The Bertz CT molecular complexity index is 357. The molecule has 0 heterocycles. The van der Waals surface area contributed by atoms with Crippen molar-refractivity contribution in [2.45, 2.75) is 26.7 Å². The van der Waals surface area contributed by atoms with E-state index in [4.69, 9.17) is 0 Å². The van der Waals surface area contributed by atoms with Gasteiger partial charge in [0.25, 0.3) is 0 Å². The molecular weight excluding hydrogens is 172 g/mol. The zero-order chi connectivity index (χ0) is 9.87. The van der Waals surface area contributed by atoms with Crippen molar-refractivity contribution in [1.82, 2.24) is 0 Å². The smallest absolute Gasteiger partial charge is 0.159 e. The maximum Gasteiger partial charge on any atom is 0.159 e. The van der Waals surface area contributed by atoms with Crippen molar-refractivity contribution in [3.05, 3.63) is 23.3 Å². The van der Waals surface area contributed by atoms with Crippen LogP contribution in [0.15, 0.2) is 23.3 Å². The predicted octanol–water partition coefficient (Wildman–Crippen LogP) is 2.73. The number of ketones is 1. The third-order valence-electron chi connectivity index (χ3n) is 4.29. The molecule has 1 heteroatoms. The molecule has 0 aliphatic heterocycles. The highest BCUT2D eigenvalue weighted by molar-refractivity contribution is 5.96. The SMILES string of the molecule is CC(C)=C1[C@H]2CC[C@H]1[C@@H]1C(=O)C=C[C@H]12. The van der Waals surface area contributed by atoms with E-state index in [9.17, 15) is 4.79 Å². The van der Waals surface area contributed by atoms with E-state index in [1.807, 2.05) is 6.08 Å². The normalized spacial score (nSPS) is 43.6. The van der Waals surface area contributed by atoms with Crippen molar-refractivity contribution < 1.29 is 4.79 Å². The van der Waals surface area contributed by atoms with Gasteiger partial charge in [-0.1, -0.05) is 17.2 Å². The largest absolute Gasteiger partial charge is 0.295 e. The van der Waals surface area contributed by atoms with E-state index in [1.165, 1.54) is 18.4 Å². The van der Waals surface area contributed by atoms with Crippen LogP contribution in [0.4, 0.5) is 0 Å². The molecule has 1 nitrogen and oxygen atoms in total. The number of hydrogen-bond donors (Lipinski definition) is 0. The summed E-state index contributed by atoms with van der Waals surface area (Å²) in [6.45, 7) is 4.41. The van der Waals surface area contributed by atoms with Crippen LogP contribution in [0.1, 0.15) is 26.7 Å². The molecule has 74 valence electrons. The number of allylic oxidation sites excluding steroid dienone is 4. The van der Waals surface area contributed by atoms with Crippen LogP contribution >= 0.6 is 0 Å². The van der Waals surface area contributed by atoms with Crippen LogP contribution in [-0.4, -0.2) is 5.78 Å². The monoisotopic (exact) mass is 188 g/mol. The minimum Gasteiger partial charge on any atom is -0.295 e. The summed E-state index contributed by atoms with van der Waals surface area (Å²) in [6.07, 6.45) is 6.55. The number of rotatable bonds is 0. The van der Waals surface area contributed by atoms with Gasteiger partial charge in [-0.15, -0.1) is 0 Å². The Hall–Kier alpha value is -0.850. The van der Waals surface area contributed by atoms with Crippen LogP contribution in [0.5, 0.6) is 0 Å². The zero-order valence-electron chi connectivity index (χ0n) is 8.79. The maximum absolute atomic E-state index is 11.7. The minimum atomic E-state index is 0.332. The molecule has 3 aliphatic carbocycles. The van der Waals surface area contributed by atoms with Gasteiger partial charge in [-0.05, 0) is 50.5 Å². The van der Waals surface area contributed by atoms with Crippen molar-refractivity contribution in [2.75, 3.05) is 0 Å². The van der Waals surface area contributed by atoms with E-state index in [0.717, 1.165) is 0 Å². The van der Waals surface area contributed by atoms with E-state index in [0.29, 0.717) is 29.5 Å². The lowest BCUT2D eigenvalue weighted by atomic mass is 9.81. The topological polar surface area (TPSA) is 17.1 Å². The first-order chi connectivity index (χ1) is 6.70. The molecule has 0 aromatic rings.